The Balaban J connectivity index is 1.68. The van der Waals surface area contributed by atoms with Crippen molar-refractivity contribution >= 4 is 39.1 Å². The van der Waals surface area contributed by atoms with Gasteiger partial charge in [-0.3, -0.25) is 4.79 Å². The molecule has 6 nitrogen and oxygen atoms in total. The van der Waals surface area contributed by atoms with Crippen LogP contribution in [0.15, 0.2) is 47.4 Å². The van der Waals surface area contributed by atoms with Gasteiger partial charge in [0, 0.05) is 24.7 Å². The van der Waals surface area contributed by atoms with Crippen molar-refractivity contribution in [2.24, 2.45) is 5.92 Å². The minimum Gasteiger partial charge on any atom is -0.495 e. The average molecular weight is 457 g/mol. The van der Waals surface area contributed by atoms with Gasteiger partial charge in [-0.25, -0.2) is 8.42 Å². The highest BCUT2D eigenvalue weighted by Crippen LogP contribution is 2.30. The lowest BCUT2D eigenvalue weighted by Crippen LogP contribution is -2.45. The molecule has 1 atom stereocenters. The summed E-state index contributed by atoms with van der Waals surface area (Å²) in [5.41, 5.74) is 0.815. The molecule has 1 aliphatic rings. The summed E-state index contributed by atoms with van der Waals surface area (Å²) >= 11 is 12.2. The molecule has 0 spiro atoms. The largest absolute Gasteiger partial charge is 0.495 e. The molecule has 1 fully saturated rings. The molecule has 0 aromatic heterocycles. The molecule has 29 heavy (non-hydrogen) atoms. The first-order valence-corrected chi connectivity index (χ1v) is 11.4. The van der Waals surface area contributed by atoms with Crippen LogP contribution in [-0.4, -0.2) is 38.8 Å². The van der Waals surface area contributed by atoms with Crippen molar-refractivity contribution < 1.29 is 17.9 Å². The predicted molar refractivity (Wildman–Crippen MR) is 113 cm³/mol. The first-order chi connectivity index (χ1) is 13.8. The third-order valence-electron chi connectivity index (χ3n) is 4.93. The SMILES string of the molecule is COc1ccc(S(=O)(=O)N2CCC[C@H](C(=O)NCc3ccccc3Cl)C2)cc1Cl. The van der Waals surface area contributed by atoms with Gasteiger partial charge < -0.3 is 10.1 Å². The predicted octanol–water partition coefficient (Wildman–Crippen LogP) is 3.72. The molecule has 0 radical (unpaired) electrons. The maximum atomic E-state index is 13.0. The summed E-state index contributed by atoms with van der Waals surface area (Å²) < 4.78 is 32.4. The van der Waals surface area contributed by atoms with Crippen molar-refractivity contribution in [3.05, 3.63) is 58.1 Å². The third-order valence-corrected chi connectivity index (χ3v) is 7.45. The number of carbonyl (C=O) groups excluding carboxylic acids is 1. The van der Waals surface area contributed by atoms with Gasteiger partial charge in [-0.2, -0.15) is 4.31 Å². The number of carbonyl (C=O) groups is 1. The van der Waals surface area contributed by atoms with Gasteiger partial charge in [0.25, 0.3) is 0 Å². The molecule has 0 bridgehead atoms. The van der Waals surface area contributed by atoms with Crippen molar-refractivity contribution in [2.45, 2.75) is 24.3 Å². The van der Waals surface area contributed by atoms with Gasteiger partial charge in [-0.05, 0) is 42.7 Å². The standard InChI is InChI=1S/C20H22Cl2N2O4S/c1-28-19-9-8-16(11-18(19)22)29(26,27)24-10-4-6-15(13-24)20(25)23-12-14-5-2-3-7-17(14)21/h2-3,5,7-9,11,15H,4,6,10,12-13H2,1H3,(H,23,25)/t15-/m0/s1. The van der Waals surface area contributed by atoms with Gasteiger partial charge in [0.05, 0.1) is 22.9 Å². The monoisotopic (exact) mass is 456 g/mol. The molecule has 0 aliphatic carbocycles. The second kappa shape index (κ2) is 9.34. The fraction of sp³-hybridized carbons (Fsp3) is 0.350. The molecule has 0 unspecified atom stereocenters. The number of sulfonamides is 1. The molecule has 3 rings (SSSR count). The number of nitrogens with zero attached hydrogens (tertiary/aromatic N) is 1. The van der Waals surface area contributed by atoms with Crippen LogP contribution in [-0.2, 0) is 21.4 Å². The summed E-state index contributed by atoms with van der Waals surface area (Å²) in [7, 11) is -2.29. The van der Waals surface area contributed by atoms with Crippen LogP contribution < -0.4 is 10.1 Å². The van der Waals surface area contributed by atoms with Crippen molar-refractivity contribution in [3.8, 4) is 5.75 Å². The van der Waals surface area contributed by atoms with E-state index in [9.17, 15) is 13.2 Å². The highest BCUT2D eigenvalue weighted by molar-refractivity contribution is 7.89. The van der Waals surface area contributed by atoms with Gasteiger partial charge in [-0.1, -0.05) is 41.4 Å². The maximum Gasteiger partial charge on any atom is 0.243 e. The molecule has 1 aliphatic heterocycles. The average Bonchev–Trinajstić information content (AvgIpc) is 2.73. The Hall–Kier alpha value is -1.80. The molecule has 1 heterocycles. The molecular formula is C20H22Cl2N2O4S. The van der Waals surface area contributed by atoms with Gasteiger partial charge >= 0.3 is 0 Å². The molecule has 0 saturated carbocycles. The van der Waals surface area contributed by atoms with Crippen molar-refractivity contribution in [2.75, 3.05) is 20.2 Å². The summed E-state index contributed by atoms with van der Waals surface area (Å²) in [5.74, 6) is -0.201. The molecule has 1 N–H and O–H groups in total. The Morgan fingerprint density at radius 3 is 2.66 bits per heavy atom. The Morgan fingerprint density at radius 1 is 1.21 bits per heavy atom. The van der Waals surface area contributed by atoms with Crippen molar-refractivity contribution in [1.29, 1.82) is 0 Å². The smallest absolute Gasteiger partial charge is 0.243 e. The van der Waals surface area contributed by atoms with Crippen LogP contribution in [0.2, 0.25) is 10.0 Å². The Morgan fingerprint density at radius 2 is 1.97 bits per heavy atom. The van der Waals surface area contributed by atoms with E-state index in [1.165, 1.54) is 29.6 Å². The minimum atomic E-state index is -3.76. The second-order valence-corrected chi connectivity index (χ2v) is 9.56. The van der Waals surface area contributed by atoms with E-state index in [2.05, 4.69) is 5.32 Å². The summed E-state index contributed by atoms with van der Waals surface area (Å²) in [4.78, 5) is 12.7. The lowest BCUT2D eigenvalue weighted by molar-refractivity contribution is -0.126. The van der Waals surface area contributed by atoms with Crippen molar-refractivity contribution in [1.82, 2.24) is 9.62 Å². The topological polar surface area (TPSA) is 75.7 Å². The molecule has 1 amide bonds. The first kappa shape index (κ1) is 21.9. The number of nitrogens with one attached hydrogen (secondary N) is 1. The number of halogens is 2. The van der Waals surface area contributed by atoms with Crippen LogP contribution in [0.5, 0.6) is 5.75 Å². The third kappa shape index (κ3) is 5.04. The van der Waals surface area contributed by atoms with E-state index < -0.39 is 15.9 Å². The molecule has 2 aromatic rings. The highest BCUT2D eigenvalue weighted by atomic mass is 35.5. The molecular weight excluding hydrogens is 435 g/mol. The Kier molecular flexibility index (Phi) is 7.05. The molecule has 1 saturated heterocycles. The normalized spacial score (nSPS) is 17.7. The van der Waals surface area contributed by atoms with Crippen LogP contribution in [0.3, 0.4) is 0 Å². The number of benzene rings is 2. The second-order valence-electron chi connectivity index (χ2n) is 6.81. The quantitative estimate of drug-likeness (QED) is 0.718. The Labute approximate surface area is 180 Å². The van der Waals surface area contributed by atoms with Crippen molar-refractivity contribution in [3.63, 3.8) is 0 Å². The number of rotatable bonds is 6. The van der Waals surface area contributed by atoms with Gasteiger partial charge in [0.1, 0.15) is 5.75 Å². The van der Waals surface area contributed by atoms with Gasteiger partial charge in [0.2, 0.25) is 15.9 Å². The number of hydrogen-bond donors (Lipinski definition) is 1. The van der Waals surface area contributed by atoms with E-state index in [1.54, 1.807) is 6.07 Å². The van der Waals surface area contributed by atoms with E-state index in [1.807, 2.05) is 18.2 Å². The fourth-order valence-corrected chi connectivity index (χ4v) is 5.38. The Bertz CT molecular complexity index is 998. The molecule has 2 aromatic carbocycles. The van der Waals surface area contributed by atoms with E-state index in [0.29, 0.717) is 36.7 Å². The zero-order chi connectivity index (χ0) is 21.0. The van der Waals surface area contributed by atoms with E-state index in [-0.39, 0.29) is 22.4 Å². The van der Waals surface area contributed by atoms with Crippen LogP contribution in [0.4, 0.5) is 0 Å². The van der Waals surface area contributed by atoms with E-state index in [0.717, 1.165) is 5.56 Å². The fourth-order valence-electron chi connectivity index (χ4n) is 3.30. The highest BCUT2D eigenvalue weighted by Gasteiger charge is 2.33. The zero-order valence-electron chi connectivity index (χ0n) is 15.9. The van der Waals surface area contributed by atoms with Crippen LogP contribution >= 0.6 is 23.2 Å². The summed E-state index contributed by atoms with van der Waals surface area (Å²) in [5, 5.41) is 3.67. The zero-order valence-corrected chi connectivity index (χ0v) is 18.2. The lowest BCUT2D eigenvalue weighted by Gasteiger charge is -2.31. The van der Waals surface area contributed by atoms with E-state index >= 15 is 0 Å². The molecule has 156 valence electrons. The first-order valence-electron chi connectivity index (χ1n) is 9.17. The maximum absolute atomic E-state index is 13.0. The number of hydrogen-bond acceptors (Lipinski definition) is 4. The van der Waals surface area contributed by atoms with Gasteiger partial charge in [-0.15, -0.1) is 0 Å². The lowest BCUT2D eigenvalue weighted by atomic mass is 9.99. The van der Waals surface area contributed by atoms with Gasteiger partial charge in [0.15, 0.2) is 0 Å². The summed E-state index contributed by atoms with van der Waals surface area (Å²) in [6, 6.07) is 11.6. The summed E-state index contributed by atoms with van der Waals surface area (Å²) in [6.07, 6.45) is 1.23. The number of ether oxygens (including phenoxy) is 1. The molecule has 9 heteroatoms. The van der Waals surface area contributed by atoms with Crippen LogP contribution in [0.25, 0.3) is 0 Å². The number of methoxy groups -OCH3 is 1. The number of piperidine rings is 1. The minimum absolute atomic E-state index is 0.0837. The summed E-state index contributed by atoms with van der Waals surface area (Å²) in [6.45, 7) is 0.788. The van der Waals surface area contributed by atoms with E-state index in [4.69, 9.17) is 27.9 Å². The van der Waals surface area contributed by atoms with Crippen LogP contribution in [0, 0.1) is 5.92 Å². The number of amides is 1. The van der Waals surface area contributed by atoms with Crippen LogP contribution in [0.1, 0.15) is 18.4 Å².